The Labute approximate surface area is 63.2 Å². The van der Waals surface area contributed by atoms with E-state index in [1.165, 1.54) is 0 Å². The molecule has 1 aromatic rings. The summed E-state index contributed by atoms with van der Waals surface area (Å²) in [5.41, 5.74) is 0.405. The van der Waals surface area contributed by atoms with Crippen molar-refractivity contribution in [2.24, 2.45) is 0 Å². The van der Waals surface area contributed by atoms with Gasteiger partial charge in [0.1, 0.15) is 1.37 Å². The zero-order valence-corrected chi connectivity index (χ0v) is 6.18. The van der Waals surface area contributed by atoms with Gasteiger partial charge in [-0.25, -0.2) is 0 Å². The smallest absolute Gasteiger partial charge is 0.151 e. The van der Waals surface area contributed by atoms with Gasteiger partial charge < -0.3 is 0 Å². The van der Waals surface area contributed by atoms with Crippen LogP contribution in [0.25, 0.3) is 0 Å². The summed E-state index contributed by atoms with van der Waals surface area (Å²) in [6.07, 6.45) is -0.660. The van der Waals surface area contributed by atoms with Crippen LogP contribution in [0.15, 0.2) is 28.7 Å². The lowest BCUT2D eigenvalue weighted by Gasteiger charge is -1.90. The van der Waals surface area contributed by atoms with Gasteiger partial charge in [0.25, 0.3) is 0 Å². The Bertz CT molecular complexity index is 260. The lowest BCUT2D eigenvalue weighted by molar-refractivity contribution is 0.112. The third-order valence-corrected chi connectivity index (χ3v) is 1.68. The first-order valence-electron chi connectivity index (χ1n) is 2.97. The quantitative estimate of drug-likeness (QED) is 0.614. The number of halogens is 1. The molecule has 2 heteroatoms. The van der Waals surface area contributed by atoms with Crippen molar-refractivity contribution in [1.29, 1.82) is 0 Å². The van der Waals surface area contributed by atoms with E-state index in [1.807, 2.05) is 0 Å². The maximum absolute atomic E-state index is 10.5. The monoisotopic (exact) mass is 185 g/mol. The van der Waals surface area contributed by atoms with Gasteiger partial charge in [0.15, 0.2) is 6.26 Å². The van der Waals surface area contributed by atoms with E-state index in [4.69, 9.17) is 1.37 Å². The summed E-state index contributed by atoms with van der Waals surface area (Å²) < 4.78 is 7.47. The molecular formula is C7H5BrO. The highest BCUT2D eigenvalue weighted by Gasteiger charge is 1.92. The number of hydrogen-bond donors (Lipinski definition) is 0. The van der Waals surface area contributed by atoms with Crippen LogP contribution in [0.5, 0.6) is 0 Å². The van der Waals surface area contributed by atoms with Gasteiger partial charge in [-0.3, -0.25) is 4.79 Å². The van der Waals surface area contributed by atoms with E-state index in [-0.39, 0.29) is 0 Å². The molecule has 0 aliphatic carbocycles. The molecule has 0 bridgehead atoms. The van der Waals surface area contributed by atoms with Gasteiger partial charge in [-0.1, -0.05) is 34.1 Å². The molecule has 46 valence electrons. The molecule has 0 atom stereocenters. The molecule has 0 aliphatic rings. The number of carbonyl (C=O) groups excluding carboxylic acids is 1. The zero-order chi connectivity index (χ0) is 7.56. The molecule has 1 nitrogen and oxygen atoms in total. The number of hydrogen-bond acceptors (Lipinski definition) is 1. The lowest BCUT2D eigenvalue weighted by Crippen LogP contribution is -1.78. The molecule has 0 unspecified atom stereocenters. The number of carbonyl (C=O) groups is 1. The molecule has 1 aromatic carbocycles. The van der Waals surface area contributed by atoms with Gasteiger partial charge in [-0.15, -0.1) is 0 Å². The fourth-order valence-corrected chi connectivity index (χ4v) is 0.910. The predicted molar refractivity (Wildman–Crippen MR) is 39.5 cm³/mol. The Morgan fingerprint density at radius 2 is 2.22 bits per heavy atom. The van der Waals surface area contributed by atoms with Crippen LogP contribution < -0.4 is 0 Å². The molecule has 0 aromatic heterocycles. The molecule has 0 radical (unpaired) electrons. The summed E-state index contributed by atoms with van der Waals surface area (Å²) in [6.45, 7) is 0. The molecular weight excluding hydrogens is 180 g/mol. The van der Waals surface area contributed by atoms with Crippen LogP contribution in [0, 0.1) is 0 Å². The Balaban J connectivity index is 3.15. The third kappa shape index (κ3) is 1.39. The van der Waals surface area contributed by atoms with E-state index in [9.17, 15) is 4.79 Å². The van der Waals surface area contributed by atoms with Crippen molar-refractivity contribution in [2.45, 2.75) is 0 Å². The molecule has 0 amide bonds. The Morgan fingerprint density at radius 1 is 1.56 bits per heavy atom. The van der Waals surface area contributed by atoms with Crippen LogP contribution in [0.2, 0.25) is 0 Å². The first-order chi connectivity index (χ1) is 4.72. The average Bonchev–Trinajstić information content (AvgIpc) is 1.88. The van der Waals surface area contributed by atoms with Crippen molar-refractivity contribution in [1.82, 2.24) is 0 Å². The standard InChI is InChI=1S/C7H5BrO/c8-7-4-2-1-3-6(7)5-9/h1-5H/i5D. The van der Waals surface area contributed by atoms with E-state index in [0.29, 0.717) is 10.0 Å². The van der Waals surface area contributed by atoms with Crippen LogP contribution in [0.4, 0.5) is 0 Å². The predicted octanol–water partition coefficient (Wildman–Crippen LogP) is 2.26. The van der Waals surface area contributed by atoms with E-state index < -0.39 is 6.26 Å². The largest absolute Gasteiger partial charge is 0.298 e. The molecule has 1 rings (SSSR count). The van der Waals surface area contributed by atoms with Gasteiger partial charge in [0.05, 0.1) is 0 Å². The third-order valence-electron chi connectivity index (χ3n) is 0.984. The van der Waals surface area contributed by atoms with Crippen LogP contribution in [-0.2, 0) is 0 Å². The zero-order valence-electron chi connectivity index (χ0n) is 5.60. The minimum atomic E-state index is -0.660. The highest BCUT2D eigenvalue weighted by Crippen LogP contribution is 2.12. The van der Waals surface area contributed by atoms with Crippen molar-refractivity contribution in [3.8, 4) is 0 Å². The maximum atomic E-state index is 10.5. The summed E-state index contributed by atoms with van der Waals surface area (Å²) in [7, 11) is 0. The van der Waals surface area contributed by atoms with Crippen molar-refractivity contribution in [2.75, 3.05) is 0 Å². The first kappa shape index (κ1) is 5.18. The van der Waals surface area contributed by atoms with Gasteiger partial charge in [-0.05, 0) is 6.07 Å². The van der Waals surface area contributed by atoms with Crippen molar-refractivity contribution in [3.05, 3.63) is 34.3 Å². The van der Waals surface area contributed by atoms with E-state index in [0.717, 1.165) is 0 Å². The molecule has 0 heterocycles. The Morgan fingerprint density at radius 3 is 2.67 bits per heavy atom. The van der Waals surface area contributed by atoms with Crippen molar-refractivity contribution < 1.29 is 6.17 Å². The first-order valence-corrected chi connectivity index (χ1v) is 3.26. The van der Waals surface area contributed by atoms with E-state index in [1.54, 1.807) is 24.3 Å². The van der Waals surface area contributed by atoms with Crippen LogP contribution in [0.1, 0.15) is 11.7 Å². The molecule has 0 spiro atoms. The van der Waals surface area contributed by atoms with Gasteiger partial charge in [0, 0.05) is 10.0 Å². The summed E-state index contributed by atoms with van der Waals surface area (Å²) in [5, 5.41) is 0. The fourth-order valence-electron chi connectivity index (χ4n) is 0.544. The fraction of sp³-hybridized carbons (Fsp3) is 0. The molecule has 0 fully saturated rings. The minimum Gasteiger partial charge on any atom is -0.298 e. The van der Waals surface area contributed by atoms with Crippen molar-refractivity contribution >= 4 is 22.2 Å². The van der Waals surface area contributed by atoms with Gasteiger partial charge in [0.2, 0.25) is 0 Å². The van der Waals surface area contributed by atoms with E-state index in [2.05, 4.69) is 15.9 Å². The molecule has 9 heavy (non-hydrogen) atoms. The number of rotatable bonds is 1. The SMILES string of the molecule is [2H]C(=O)c1ccccc1Br. The van der Waals surface area contributed by atoms with Crippen LogP contribution >= 0.6 is 15.9 Å². The van der Waals surface area contributed by atoms with Gasteiger partial charge >= 0.3 is 0 Å². The topological polar surface area (TPSA) is 17.1 Å². The summed E-state index contributed by atoms with van der Waals surface area (Å²) in [5.74, 6) is 0. The minimum absolute atomic E-state index is 0.405. The maximum Gasteiger partial charge on any atom is 0.151 e. The second-order valence-electron chi connectivity index (χ2n) is 1.58. The summed E-state index contributed by atoms with van der Waals surface area (Å²) in [4.78, 5) is 10.5. The Kier molecular flexibility index (Phi) is 1.60. The molecule has 0 saturated carbocycles. The highest BCUT2D eigenvalue weighted by molar-refractivity contribution is 9.10. The van der Waals surface area contributed by atoms with Crippen LogP contribution in [-0.4, -0.2) is 6.26 Å². The molecule has 0 N–H and O–H groups in total. The number of aldehydes is 1. The van der Waals surface area contributed by atoms with Crippen molar-refractivity contribution in [3.63, 3.8) is 0 Å². The molecule has 0 aliphatic heterocycles. The lowest BCUT2D eigenvalue weighted by atomic mass is 10.2. The number of benzene rings is 1. The summed E-state index contributed by atoms with van der Waals surface area (Å²) >= 11 is 3.16. The second kappa shape index (κ2) is 2.78. The second-order valence-corrected chi connectivity index (χ2v) is 2.44. The average molecular weight is 186 g/mol. The Hall–Kier alpha value is -0.630. The van der Waals surface area contributed by atoms with Crippen LogP contribution in [0.3, 0.4) is 0 Å². The normalized spacial score (nSPS) is 10.6. The van der Waals surface area contributed by atoms with E-state index >= 15 is 0 Å². The summed E-state index contributed by atoms with van der Waals surface area (Å²) in [6, 6.07) is 6.88. The van der Waals surface area contributed by atoms with Gasteiger partial charge in [-0.2, -0.15) is 0 Å². The highest BCUT2D eigenvalue weighted by atomic mass is 79.9. The molecule has 0 saturated heterocycles.